The molecule has 2 aliphatic heterocycles. The van der Waals surface area contributed by atoms with Crippen LogP contribution in [0.1, 0.15) is 26.7 Å². The van der Waals surface area contributed by atoms with E-state index in [0.717, 1.165) is 32.5 Å². The third-order valence-electron chi connectivity index (χ3n) is 4.35. The predicted octanol–water partition coefficient (Wildman–Crippen LogP) is 0.0942. The van der Waals surface area contributed by atoms with Gasteiger partial charge in [0, 0.05) is 25.2 Å². The van der Waals surface area contributed by atoms with Crippen LogP contribution < -0.4 is 5.32 Å². The van der Waals surface area contributed by atoms with E-state index in [0.29, 0.717) is 13.1 Å². The van der Waals surface area contributed by atoms with Crippen LogP contribution in [-0.4, -0.2) is 68.2 Å². The van der Waals surface area contributed by atoms with Crippen molar-refractivity contribution in [1.82, 2.24) is 14.5 Å². The van der Waals surface area contributed by atoms with Gasteiger partial charge in [-0.3, -0.25) is 4.90 Å². The van der Waals surface area contributed by atoms with E-state index in [9.17, 15) is 8.42 Å². The Labute approximate surface area is 111 Å². The molecule has 18 heavy (non-hydrogen) atoms. The first kappa shape index (κ1) is 14.2. The molecule has 106 valence electrons. The lowest BCUT2D eigenvalue weighted by molar-refractivity contribution is 0.0794. The van der Waals surface area contributed by atoms with E-state index in [-0.39, 0.29) is 10.8 Å². The first-order chi connectivity index (χ1) is 8.34. The summed E-state index contributed by atoms with van der Waals surface area (Å²) < 4.78 is 26.9. The molecule has 0 atom stereocenters. The van der Waals surface area contributed by atoms with Crippen molar-refractivity contribution in [3.05, 3.63) is 0 Å². The predicted molar refractivity (Wildman–Crippen MR) is 73.1 cm³/mol. The Kier molecular flexibility index (Phi) is 4.02. The van der Waals surface area contributed by atoms with Crippen molar-refractivity contribution in [3.8, 4) is 0 Å². The van der Waals surface area contributed by atoms with Gasteiger partial charge >= 0.3 is 0 Å². The second kappa shape index (κ2) is 5.07. The zero-order valence-corrected chi connectivity index (χ0v) is 12.5. The summed E-state index contributed by atoms with van der Waals surface area (Å²) >= 11 is 0. The molecule has 0 unspecified atom stereocenters. The molecule has 0 aromatic rings. The lowest BCUT2D eigenvalue weighted by Gasteiger charge is -2.45. The molecule has 2 aliphatic rings. The Bertz CT molecular complexity index is 388. The van der Waals surface area contributed by atoms with Crippen LogP contribution in [0.4, 0.5) is 0 Å². The number of hydrogen-bond acceptors (Lipinski definition) is 4. The minimum Gasteiger partial charge on any atom is -0.317 e. The number of piperazine rings is 1. The summed E-state index contributed by atoms with van der Waals surface area (Å²) in [6, 6.07) is 0. The molecule has 0 aromatic heterocycles. The molecular weight excluding hydrogens is 250 g/mol. The maximum Gasteiger partial charge on any atom is 0.217 e. The van der Waals surface area contributed by atoms with Gasteiger partial charge in [-0.05, 0) is 46.8 Å². The monoisotopic (exact) mass is 275 g/mol. The topological polar surface area (TPSA) is 52.7 Å². The van der Waals surface area contributed by atoms with Crippen molar-refractivity contribution >= 4 is 10.0 Å². The first-order valence-corrected chi connectivity index (χ1v) is 8.25. The lowest BCUT2D eigenvalue weighted by atomic mass is 10.0. The normalized spacial score (nSPS) is 28.4. The summed E-state index contributed by atoms with van der Waals surface area (Å²) in [5, 5.41) is 3.04. The Morgan fingerprint density at radius 1 is 1.17 bits per heavy atom. The van der Waals surface area contributed by atoms with Gasteiger partial charge in [0.15, 0.2) is 0 Å². The van der Waals surface area contributed by atoms with Gasteiger partial charge in [-0.2, -0.15) is 4.31 Å². The highest BCUT2D eigenvalue weighted by Gasteiger charge is 2.40. The summed E-state index contributed by atoms with van der Waals surface area (Å²) in [6.07, 6.45) is 1.49. The quantitative estimate of drug-likeness (QED) is 0.776. The Morgan fingerprint density at radius 3 is 2.33 bits per heavy atom. The number of piperidine rings is 1. The summed E-state index contributed by atoms with van der Waals surface area (Å²) in [4.78, 5) is 2.24. The van der Waals surface area contributed by atoms with E-state index in [4.69, 9.17) is 0 Å². The standard InChI is InChI=1S/C12H25N3O2S/c1-12(2)10-15(9-8-14(12)3)18(16,17)11-4-6-13-7-5-11/h11,13H,4-10H2,1-3H3. The number of hydrogen-bond donors (Lipinski definition) is 1. The van der Waals surface area contributed by atoms with Crippen LogP contribution in [0.5, 0.6) is 0 Å². The minimum atomic E-state index is -3.11. The fourth-order valence-electron chi connectivity index (χ4n) is 2.72. The van der Waals surface area contributed by atoms with Crippen molar-refractivity contribution in [2.24, 2.45) is 0 Å². The molecule has 0 saturated carbocycles. The number of nitrogens with one attached hydrogen (secondary N) is 1. The zero-order valence-electron chi connectivity index (χ0n) is 11.6. The van der Waals surface area contributed by atoms with Crippen LogP contribution in [0, 0.1) is 0 Å². The van der Waals surface area contributed by atoms with Gasteiger partial charge in [-0.15, -0.1) is 0 Å². The molecule has 1 N–H and O–H groups in total. The second-order valence-corrected chi connectivity index (χ2v) is 8.27. The van der Waals surface area contributed by atoms with E-state index in [1.165, 1.54) is 0 Å². The molecule has 0 aromatic carbocycles. The van der Waals surface area contributed by atoms with Gasteiger partial charge in [0.05, 0.1) is 5.25 Å². The fourth-order valence-corrected chi connectivity index (χ4v) is 4.80. The summed E-state index contributed by atoms with van der Waals surface area (Å²) in [5.74, 6) is 0. The van der Waals surface area contributed by atoms with Gasteiger partial charge in [0.1, 0.15) is 0 Å². The third kappa shape index (κ3) is 2.71. The molecule has 2 heterocycles. The zero-order chi connectivity index (χ0) is 13.4. The third-order valence-corrected chi connectivity index (χ3v) is 6.69. The van der Waals surface area contributed by atoms with Gasteiger partial charge in [-0.25, -0.2) is 8.42 Å². The van der Waals surface area contributed by atoms with Crippen molar-refractivity contribution in [2.75, 3.05) is 39.8 Å². The van der Waals surface area contributed by atoms with Crippen LogP contribution in [0.25, 0.3) is 0 Å². The Hall–Kier alpha value is -0.170. The Balaban J connectivity index is 2.10. The molecule has 0 spiro atoms. The molecule has 2 rings (SSSR count). The van der Waals surface area contributed by atoms with Crippen molar-refractivity contribution in [3.63, 3.8) is 0 Å². The van der Waals surface area contributed by atoms with E-state index >= 15 is 0 Å². The molecule has 2 saturated heterocycles. The fraction of sp³-hybridized carbons (Fsp3) is 1.00. The molecular formula is C12H25N3O2S. The molecule has 0 bridgehead atoms. The average molecular weight is 275 g/mol. The Morgan fingerprint density at radius 2 is 1.78 bits per heavy atom. The molecule has 5 nitrogen and oxygen atoms in total. The number of rotatable bonds is 2. The van der Waals surface area contributed by atoms with Crippen molar-refractivity contribution < 1.29 is 8.42 Å². The van der Waals surface area contributed by atoms with Gasteiger partial charge in [0.2, 0.25) is 10.0 Å². The average Bonchev–Trinajstić information content (AvgIpc) is 2.33. The molecule has 0 radical (unpaired) electrons. The summed E-state index contributed by atoms with van der Waals surface area (Å²) in [7, 11) is -1.05. The largest absolute Gasteiger partial charge is 0.317 e. The SMILES string of the molecule is CN1CCN(S(=O)(=O)C2CCNCC2)CC1(C)C. The number of nitrogens with zero attached hydrogens (tertiary/aromatic N) is 2. The molecule has 0 aliphatic carbocycles. The second-order valence-electron chi connectivity index (χ2n) is 6.06. The van der Waals surface area contributed by atoms with E-state index in [1.54, 1.807) is 4.31 Å². The van der Waals surface area contributed by atoms with Crippen LogP contribution in [0.2, 0.25) is 0 Å². The van der Waals surface area contributed by atoms with Gasteiger partial charge in [0.25, 0.3) is 0 Å². The maximum atomic E-state index is 12.6. The van der Waals surface area contributed by atoms with Crippen molar-refractivity contribution in [1.29, 1.82) is 0 Å². The van der Waals surface area contributed by atoms with E-state index in [2.05, 4.69) is 31.1 Å². The first-order valence-electron chi connectivity index (χ1n) is 6.75. The van der Waals surface area contributed by atoms with Crippen LogP contribution in [-0.2, 0) is 10.0 Å². The van der Waals surface area contributed by atoms with E-state index < -0.39 is 10.0 Å². The molecule has 2 fully saturated rings. The lowest BCUT2D eigenvalue weighted by Crippen LogP contribution is -2.60. The minimum absolute atomic E-state index is 0.0712. The highest BCUT2D eigenvalue weighted by atomic mass is 32.2. The highest BCUT2D eigenvalue weighted by Crippen LogP contribution is 2.25. The number of likely N-dealkylation sites (N-methyl/N-ethyl adjacent to an activating group) is 1. The van der Waals surface area contributed by atoms with Crippen LogP contribution in [0.15, 0.2) is 0 Å². The van der Waals surface area contributed by atoms with Crippen LogP contribution >= 0.6 is 0 Å². The summed E-state index contributed by atoms with van der Waals surface area (Å²) in [6.45, 7) is 7.91. The molecule has 0 amide bonds. The van der Waals surface area contributed by atoms with E-state index in [1.807, 2.05) is 0 Å². The van der Waals surface area contributed by atoms with Crippen molar-refractivity contribution in [2.45, 2.75) is 37.5 Å². The highest BCUT2D eigenvalue weighted by molar-refractivity contribution is 7.89. The molecule has 6 heteroatoms. The van der Waals surface area contributed by atoms with Gasteiger partial charge < -0.3 is 5.32 Å². The number of sulfonamides is 1. The van der Waals surface area contributed by atoms with Crippen LogP contribution in [0.3, 0.4) is 0 Å². The maximum absolute atomic E-state index is 12.6. The summed E-state index contributed by atoms with van der Waals surface area (Å²) in [5.41, 5.74) is -0.0712. The van der Waals surface area contributed by atoms with Gasteiger partial charge in [-0.1, -0.05) is 0 Å². The smallest absolute Gasteiger partial charge is 0.217 e.